The standard InChI is InChI=1S/C29H30N2.2C11H19N.Ir/c1-3-10-28-25(7-1)26-8-2-4-11-29(26)31(28)24-18-16-22(17-19-24)21-12-14-23(15-13-21)27-9-5-6-20-30-27;2*1-2-6-10(7-3-1)11-8-4-5-9-12-11;/h1-4,7-8,10-11,14,16-19,21,23,27H,5-6,9,12-13,15,20H2;2*6,10-11H,1-5,7-9H2;/q3*-2;. The van der Waals surface area contributed by atoms with Gasteiger partial charge in [-0.15, -0.1) is 19.6 Å². The van der Waals surface area contributed by atoms with Crippen LogP contribution in [0.3, 0.4) is 0 Å². The molecular formula is C51H68IrN4-6. The van der Waals surface area contributed by atoms with E-state index in [1.807, 2.05) is 0 Å². The minimum absolute atomic E-state index is 0. The molecule has 1 radical (unpaired) electrons. The van der Waals surface area contributed by atoms with Gasteiger partial charge in [0.15, 0.2) is 0 Å². The number of fused-ring (bicyclic) bond motifs is 3. The van der Waals surface area contributed by atoms with Crippen LogP contribution in [0.4, 0.5) is 0 Å². The predicted octanol–water partition coefficient (Wildman–Crippen LogP) is 14.4. The fourth-order valence-corrected chi connectivity index (χ4v) is 10.9. The van der Waals surface area contributed by atoms with Gasteiger partial charge in [0.1, 0.15) is 0 Å². The van der Waals surface area contributed by atoms with Crippen LogP contribution in [0.5, 0.6) is 0 Å². The zero-order valence-electron chi connectivity index (χ0n) is 34.1. The molecule has 4 nitrogen and oxygen atoms in total. The molecule has 7 atom stereocenters. The van der Waals surface area contributed by atoms with Gasteiger partial charge in [0.25, 0.3) is 0 Å². The van der Waals surface area contributed by atoms with Crippen LogP contribution in [0.15, 0.2) is 72.8 Å². The summed E-state index contributed by atoms with van der Waals surface area (Å²) in [5.41, 5.74) is 5.29. The topological polar surface area (TPSA) is 47.2 Å². The van der Waals surface area contributed by atoms with Gasteiger partial charge >= 0.3 is 0 Å². The summed E-state index contributed by atoms with van der Waals surface area (Å²) >= 11 is 0. The molecule has 6 aliphatic rings. The average molecular weight is 929 g/mol. The first kappa shape index (κ1) is 42.1. The molecule has 10 rings (SSSR count). The number of aromatic nitrogens is 1. The van der Waals surface area contributed by atoms with Gasteiger partial charge in [0, 0.05) is 36.6 Å². The molecule has 7 unspecified atom stereocenters. The number of benzene rings is 3. The molecule has 4 heterocycles. The van der Waals surface area contributed by atoms with E-state index >= 15 is 0 Å². The van der Waals surface area contributed by atoms with Gasteiger partial charge in [-0.2, -0.15) is 55.1 Å². The van der Waals surface area contributed by atoms with E-state index in [2.05, 4.69) is 96.6 Å². The molecule has 56 heavy (non-hydrogen) atoms. The normalized spacial score (nSPS) is 29.9. The second kappa shape index (κ2) is 21.8. The quantitative estimate of drug-likeness (QED) is 0.179. The van der Waals surface area contributed by atoms with Crippen molar-refractivity contribution in [3.63, 3.8) is 0 Å². The van der Waals surface area contributed by atoms with Gasteiger partial charge in [-0.1, -0.05) is 158 Å². The van der Waals surface area contributed by atoms with E-state index in [1.54, 1.807) is 0 Å². The van der Waals surface area contributed by atoms with E-state index in [4.69, 9.17) is 16.0 Å². The summed E-state index contributed by atoms with van der Waals surface area (Å²) in [7, 11) is 0. The first-order valence-electron chi connectivity index (χ1n) is 22.9. The molecule has 5 heteroatoms. The van der Waals surface area contributed by atoms with Crippen molar-refractivity contribution in [1.82, 2.24) is 4.57 Å². The van der Waals surface area contributed by atoms with Crippen LogP contribution < -0.4 is 0 Å². The Labute approximate surface area is 353 Å². The van der Waals surface area contributed by atoms with Crippen LogP contribution in [0.1, 0.15) is 140 Å². The van der Waals surface area contributed by atoms with Gasteiger partial charge in [-0.05, 0) is 35.7 Å². The summed E-state index contributed by atoms with van der Waals surface area (Å²) in [6, 6.07) is 28.9. The maximum Gasteiger partial charge on any atom is 0.0541 e. The largest absolute Gasteiger partial charge is 0.661 e. The Balaban J connectivity index is 0.000000157. The Kier molecular flexibility index (Phi) is 16.4. The van der Waals surface area contributed by atoms with Gasteiger partial charge in [0.05, 0.1) is 11.0 Å². The summed E-state index contributed by atoms with van der Waals surface area (Å²) < 4.78 is 2.40. The van der Waals surface area contributed by atoms with Crippen LogP contribution in [0, 0.1) is 37.0 Å². The Morgan fingerprint density at radius 2 is 0.911 bits per heavy atom. The smallest absolute Gasteiger partial charge is 0.0541 e. The summed E-state index contributed by atoms with van der Waals surface area (Å²) in [6.45, 7) is 3.35. The molecule has 1 aromatic heterocycles. The number of hydrogen-bond acceptors (Lipinski definition) is 0. The van der Waals surface area contributed by atoms with E-state index in [9.17, 15) is 0 Å². The first-order chi connectivity index (χ1) is 27.3. The van der Waals surface area contributed by atoms with Crippen molar-refractivity contribution in [1.29, 1.82) is 0 Å². The minimum atomic E-state index is 0. The molecule has 3 saturated carbocycles. The van der Waals surface area contributed by atoms with E-state index in [0.717, 1.165) is 31.5 Å². The van der Waals surface area contributed by atoms with Crippen LogP contribution in [-0.4, -0.2) is 42.3 Å². The number of para-hydroxylation sites is 2. The molecule has 0 spiro atoms. The zero-order chi connectivity index (χ0) is 37.1. The Morgan fingerprint density at radius 3 is 1.32 bits per heavy atom. The zero-order valence-corrected chi connectivity index (χ0v) is 36.5. The van der Waals surface area contributed by atoms with Crippen molar-refractivity contribution < 1.29 is 20.1 Å². The van der Waals surface area contributed by atoms with Crippen molar-refractivity contribution in [2.45, 2.75) is 152 Å². The third-order valence-corrected chi connectivity index (χ3v) is 14.0. The molecule has 3 aliphatic carbocycles. The van der Waals surface area contributed by atoms with Crippen LogP contribution in [0.2, 0.25) is 0 Å². The fraction of sp³-hybridized carbons (Fsp3) is 0.588. The SMILES string of the molecule is [CH-]1CCCCC1C1CCCC[N-]1.[CH-]1CCCCC1C1CCCC[N-]1.[Ir].c1ccc2c(c1)c1ccccc1n2-c1ccc(C2C[CH-]C(C3CCCC[N-]3)CC2)cc1. The minimum Gasteiger partial charge on any atom is -0.661 e. The molecule has 0 bridgehead atoms. The third-order valence-electron chi connectivity index (χ3n) is 14.0. The first-order valence-corrected chi connectivity index (χ1v) is 22.9. The van der Waals surface area contributed by atoms with Gasteiger partial charge in [0.2, 0.25) is 0 Å². The van der Waals surface area contributed by atoms with Crippen molar-refractivity contribution >= 4 is 21.8 Å². The second-order valence-corrected chi connectivity index (χ2v) is 17.6. The molecule has 4 aromatic rings. The number of hydrogen-bond donors (Lipinski definition) is 0. The van der Waals surface area contributed by atoms with Crippen molar-refractivity contribution in [2.24, 2.45) is 17.8 Å². The number of piperidine rings is 3. The van der Waals surface area contributed by atoms with Gasteiger partial charge in [-0.25, -0.2) is 0 Å². The third kappa shape index (κ3) is 10.8. The van der Waals surface area contributed by atoms with Gasteiger partial charge in [-0.3, -0.25) is 0 Å². The van der Waals surface area contributed by atoms with Crippen LogP contribution in [0.25, 0.3) is 43.4 Å². The molecule has 307 valence electrons. The van der Waals surface area contributed by atoms with E-state index in [1.165, 1.54) is 161 Å². The number of rotatable bonds is 5. The molecule has 0 amide bonds. The molecule has 0 N–H and O–H groups in total. The molecular weight excluding hydrogens is 861 g/mol. The summed E-state index contributed by atoms with van der Waals surface area (Å²) in [4.78, 5) is 0. The predicted molar refractivity (Wildman–Crippen MR) is 235 cm³/mol. The van der Waals surface area contributed by atoms with E-state index < -0.39 is 0 Å². The van der Waals surface area contributed by atoms with Crippen LogP contribution >= 0.6 is 0 Å². The average Bonchev–Trinajstić information content (AvgIpc) is 3.63. The van der Waals surface area contributed by atoms with Crippen molar-refractivity contribution in [3.8, 4) is 5.69 Å². The van der Waals surface area contributed by atoms with E-state index in [-0.39, 0.29) is 20.1 Å². The molecule has 3 saturated heterocycles. The maximum absolute atomic E-state index is 4.91. The molecule has 3 aromatic carbocycles. The maximum atomic E-state index is 4.91. The van der Waals surface area contributed by atoms with Gasteiger partial charge < -0.3 is 39.8 Å². The van der Waals surface area contributed by atoms with Crippen LogP contribution in [-0.2, 0) is 20.1 Å². The Bertz CT molecular complexity index is 1580. The fourth-order valence-electron chi connectivity index (χ4n) is 10.9. The summed E-state index contributed by atoms with van der Waals surface area (Å²) in [5.74, 6) is 3.07. The number of nitrogens with zero attached hydrogens (tertiary/aromatic N) is 4. The molecule has 6 fully saturated rings. The summed E-state index contributed by atoms with van der Waals surface area (Å²) in [6.07, 6.45) is 34.9. The Hall–Kier alpha value is -2.01. The van der Waals surface area contributed by atoms with E-state index in [0.29, 0.717) is 30.0 Å². The van der Waals surface area contributed by atoms with Crippen molar-refractivity contribution in [3.05, 3.63) is 114 Å². The summed E-state index contributed by atoms with van der Waals surface area (Å²) in [5, 5.41) is 17.0. The monoisotopic (exact) mass is 930 g/mol. The molecule has 3 aliphatic heterocycles. The Morgan fingerprint density at radius 1 is 0.446 bits per heavy atom. The second-order valence-electron chi connectivity index (χ2n) is 17.6. The van der Waals surface area contributed by atoms with Crippen molar-refractivity contribution in [2.75, 3.05) is 19.6 Å².